The Hall–Kier alpha value is -0.810. The Balaban J connectivity index is 2.50. The summed E-state index contributed by atoms with van der Waals surface area (Å²) in [6.45, 7) is 6.53. The highest BCUT2D eigenvalue weighted by Gasteiger charge is 2.35. The van der Waals surface area contributed by atoms with Crippen molar-refractivity contribution in [2.75, 3.05) is 20.2 Å². The van der Waals surface area contributed by atoms with Crippen molar-refractivity contribution in [2.24, 2.45) is 5.73 Å². The first kappa shape index (κ1) is 12.3. The van der Waals surface area contributed by atoms with Crippen molar-refractivity contribution in [2.45, 2.75) is 38.5 Å². The zero-order valence-electron chi connectivity index (χ0n) is 9.82. The van der Waals surface area contributed by atoms with Gasteiger partial charge in [0, 0.05) is 13.7 Å². The average Bonchev–Trinajstić information content (AvgIpc) is 2.43. The molecule has 88 valence electrons. The molecule has 5 nitrogen and oxygen atoms in total. The standard InChI is InChI=1S/C10H20N2O3/c1-10(2,3)15-9(13)12-5-7(11)8(6-12)14-4/h7-8H,5-6,11H2,1-4H3/t7-,8+/m0/s1. The summed E-state index contributed by atoms with van der Waals surface area (Å²) < 4.78 is 10.4. The van der Waals surface area contributed by atoms with Crippen LogP contribution in [0.15, 0.2) is 0 Å². The molecule has 0 aromatic heterocycles. The van der Waals surface area contributed by atoms with E-state index in [0.717, 1.165) is 0 Å². The number of carbonyl (C=O) groups is 1. The molecule has 1 saturated heterocycles. The summed E-state index contributed by atoms with van der Waals surface area (Å²) in [7, 11) is 1.60. The van der Waals surface area contributed by atoms with Gasteiger partial charge < -0.3 is 20.1 Å². The third-order valence-corrected chi connectivity index (χ3v) is 2.26. The summed E-state index contributed by atoms with van der Waals surface area (Å²) in [6, 6.07) is -0.123. The van der Waals surface area contributed by atoms with Crippen LogP contribution in [0.3, 0.4) is 0 Å². The lowest BCUT2D eigenvalue weighted by molar-refractivity contribution is 0.0252. The van der Waals surface area contributed by atoms with Crippen LogP contribution in [0.5, 0.6) is 0 Å². The summed E-state index contributed by atoms with van der Waals surface area (Å²) in [5.74, 6) is 0. The Bertz CT molecular complexity index is 237. The zero-order chi connectivity index (χ0) is 11.6. The van der Waals surface area contributed by atoms with Crippen LogP contribution >= 0.6 is 0 Å². The number of ether oxygens (including phenoxy) is 2. The van der Waals surface area contributed by atoms with Crippen molar-refractivity contribution in [3.63, 3.8) is 0 Å². The molecule has 1 rings (SSSR count). The fraction of sp³-hybridized carbons (Fsp3) is 0.900. The molecular formula is C10H20N2O3. The van der Waals surface area contributed by atoms with E-state index in [1.807, 2.05) is 20.8 Å². The normalized spacial score (nSPS) is 26.9. The van der Waals surface area contributed by atoms with E-state index < -0.39 is 5.60 Å². The summed E-state index contributed by atoms with van der Waals surface area (Å²) in [5, 5.41) is 0. The van der Waals surface area contributed by atoms with Crippen molar-refractivity contribution in [1.82, 2.24) is 4.90 Å². The predicted molar refractivity (Wildman–Crippen MR) is 56.6 cm³/mol. The maximum Gasteiger partial charge on any atom is 0.410 e. The fourth-order valence-electron chi connectivity index (χ4n) is 1.52. The second kappa shape index (κ2) is 4.37. The second-order valence-electron chi connectivity index (χ2n) is 4.82. The molecule has 2 N–H and O–H groups in total. The fourth-order valence-corrected chi connectivity index (χ4v) is 1.52. The highest BCUT2D eigenvalue weighted by atomic mass is 16.6. The van der Waals surface area contributed by atoms with E-state index in [1.165, 1.54) is 0 Å². The molecule has 1 amide bonds. The van der Waals surface area contributed by atoms with Gasteiger partial charge in [-0.3, -0.25) is 0 Å². The van der Waals surface area contributed by atoms with Crippen LogP contribution in [-0.4, -0.2) is 48.9 Å². The number of methoxy groups -OCH3 is 1. The van der Waals surface area contributed by atoms with Crippen molar-refractivity contribution >= 4 is 6.09 Å². The Kier molecular flexibility index (Phi) is 3.57. The van der Waals surface area contributed by atoms with Crippen LogP contribution < -0.4 is 5.73 Å². The number of hydrogen-bond acceptors (Lipinski definition) is 4. The molecule has 1 aliphatic heterocycles. The average molecular weight is 216 g/mol. The maximum atomic E-state index is 11.7. The topological polar surface area (TPSA) is 64.8 Å². The number of nitrogens with zero attached hydrogens (tertiary/aromatic N) is 1. The molecule has 0 aromatic carbocycles. The lowest BCUT2D eigenvalue weighted by Gasteiger charge is -2.24. The van der Waals surface area contributed by atoms with E-state index in [9.17, 15) is 4.79 Å². The van der Waals surface area contributed by atoms with Crippen molar-refractivity contribution in [3.05, 3.63) is 0 Å². The molecule has 1 aliphatic rings. The Morgan fingerprint density at radius 2 is 2.00 bits per heavy atom. The van der Waals surface area contributed by atoms with Gasteiger partial charge in [-0.25, -0.2) is 4.79 Å². The summed E-state index contributed by atoms with van der Waals surface area (Å²) in [4.78, 5) is 13.2. The van der Waals surface area contributed by atoms with Gasteiger partial charge in [0.05, 0.1) is 18.7 Å². The van der Waals surface area contributed by atoms with Crippen LogP contribution in [0.25, 0.3) is 0 Å². The Morgan fingerprint density at radius 3 is 2.40 bits per heavy atom. The zero-order valence-corrected chi connectivity index (χ0v) is 9.82. The summed E-state index contributed by atoms with van der Waals surface area (Å²) >= 11 is 0. The summed E-state index contributed by atoms with van der Waals surface area (Å²) in [6.07, 6.45) is -0.407. The molecule has 0 aromatic rings. The van der Waals surface area contributed by atoms with Gasteiger partial charge in [-0.1, -0.05) is 0 Å². The third kappa shape index (κ3) is 3.35. The van der Waals surface area contributed by atoms with Gasteiger partial charge >= 0.3 is 6.09 Å². The Labute approximate surface area is 90.5 Å². The van der Waals surface area contributed by atoms with E-state index in [1.54, 1.807) is 12.0 Å². The third-order valence-electron chi connectivity index (χ3n) is 2.26. The van der Waals surface area contributed by atoms with E-state index in [2.05, 4.69) is 0 Å². The molecule has 2 atom stereocenters. The highest BCUT2D eigenvalue weighted by molar-refractivity contribution is 5.68. The van der Waals surface area contributed by atoms with Crippen molar-refractivity contribution < 1.29 is 14.3 Å². The first-order valence-electron chi connectivity index (χ1n) is 5.10. The first-order chi connectivity index (χ1) is 6.83. The number of nitrogens with two attached hydrogens (primary N) is 1. The minimum absolute atomic E-state index is 0.0856. The lowest BCUT2D eigenvalue weighted by atomic mass is 10.2. The molecule has 0 saturated carbocycles. The van der Waals surface area contributed by atoms with Gasteiger partial charge in [-0.05, 0) is 20.8 Å². The number of carbonyl (C=O) groups excluding carboxylic acids is 1. The molecule has 1 fully saturated rings. The van der Waals surface area contributed by atoms with Gasteiger partial charge in [-0.2, -0.15) is 0 Å². The van der Waals surface area contributed by atoms with E-state index in [0.29, 0.717) is 13.1 Å². The van der Waals surface area contributed by atoms with Crippen LogP contribution in [0.1, 0.15) is 20.8 Å². The monoisotopic (exact) mass is 216 g/mol. The van der Waals surface area contributed by atoms with E-state index in [4.69, 9.17) is 15.2 Å². The quantitative estimate of drug-likeness (QED) is 0.696. The highest BCUT2D eigenvalue weighted by Crippen LogP contribution is 2.16. The van der Waals surface area contributed by atoms with Crippen LogP contribution in [0.2, 0.25) is 0 Å². The smallest absolute Gasteiger partial charge is 0.410 e. The molecular weight excluding hydrogens is 196 g/mol. The molecule has 0 unspecified atom stereocenters. The van der Waals surface area contributed by atoms with Gasteiger partial charge in [0.2, 0.25) is 0 Å². The lowest BCUT2D eigenvalue weighted by Crippen LogP contribution is -2.36. The molecule has 0 spiro atoms. The molecule has 1 heterocycles. The SMILES string of the molecule is CO[C@@H]1CN(C(=O)OC(C)(C)C)C[C@@H]1N. The number of amides is 1. The molecule has 0 radical (unpaired) electrons. The summed E-state index contributed by atoms with van der Waals surface area (Å²) in [5.41, 5.74) is 5.34. The van der Waals surface area contributed by atoms with Crippen LogP contribution in [0, 0.1) is 0 Å². The number of hydrogen-bond donors (Lipinski definition) is 1. The first-order valence-corrected chi connectivity index (χ1v) is 5.10. The van der Waals surface area contributed by atoms with Gasteiger partial charge in [0.15, 0.2) is 0 Å². The predicted octanol–water partition coefficient (Wildman–Crippen LogP) is 0.579. The molecule has 5 heteroatoms. The second-order valence-corrected chi connectivity index (χ2v) is 4.82. The minimum Gasteiger partial charge on any atom is -0.444 e. The number of rotatable bonds is 1. The molecule has 0 bridgehead atoms. The van der Waals surface area contributed by atoms with Gasteiger partial charge in [-0.15, -0.1) is 0 Å². The minimum atomic E-state index is -0.466. The molecule has 0 aliphatic carbocycles. The van der Waals surface area contributed by atoms with Crippen LogP contribution in [0.4, 0.5) is 4.79 Å². The van der Waals surface area contributed by atoms with E-state index >= 15 is 0 Å². The largest absolute Gasteiger partial charge is 0.444 e. The maximum absolute atomic E-state index is 11.7. The van der Waals surface area contributed by atoms with Crippen molar-refractivity contribution in [1.29, 1.82) is 0 Å². The van der Waals surface area contributed by atoms with E-state index in [-0.39, 0.29) is 18.2 Å². The van der Waals surface area contributed by atoms with Gasteiger partial charge in [0.25, 0.3) is 0 Å². The Morgan fingerprint density at radius 1 is 1.40 bits per heavy atom. The van der Waals surface area contributed by atoms with Crippen LogP contribution in [-0.2, 0) is 9.47 Å². The van der Waals surface area contributed by atoms with Crippen molar-refractivity contribution in [3.8, 4) is 0 Å². The van der Waals surface area contributed by atoms with Gasteiger partial charge in [0.1, 0.15) is 5.60 Å². The molecule has 15 heavy (non-hydrogen) atoms. The number of likely N-dealkylation sites (tertiary alicyclic amines) is 1.